The summed E-state index contributed by atoms with van der Waals surface area (Å²) in [5.41, 5.74) is 7.67. The van der Waals surface area contributed by atoms with Crippen LogP contribution in [0.15, 0.2) is 36.4 Å². The molecule has 1 atom stereocenters. The molecule has 2 aromatic rings. The Balaban J connectivity index is 2.34. The minimum Gasteiger partial charge on any atom is -0.330 e. The minimum atomic E-state index is -0.782. The summed E-state index contributed by atoms with van der Waals surface area (Å²) in [5.74, 6) is 0.696. The maximum Gasteiger partial charge on any atom is 0.232 e. The molecule has 134 valence electrons. The van der Waals surface area contributed by atoms with Gasteiger partial charge in [0, 0.05) is 28.1 Å². The molecule has 4 N–H and O–H groups in total. The first-order valence-corrected chi connectivity index (χ1v) is 8.37. The number of terminal acetylenes is 1. The fourth-order valence-corrected chi connectivity index (χ4v) is 2.85. The van der Waals surface area contributed by atoms with E-state index in [0.717, 1.165) is 0 Å². The average Bonchev–Trinajstić information content (AvgIpc) is 2.62. The van der Waals surface area contributed by atoms with Crippen LogP contribution in [-0.2, 0) is 4.79 Å². The molecular weight excluding hydrogens is 353 g/mol. The van der Waals surface area contributed by atoms with Crippen LogP contribution in [0.1, 0.15) is 36.0 Å². The van der Waals surface area contributed by atoms with Crippen molar-refractivity contribution in [1.82, 2.24) is 0 Å². The molecule has 2 rings (SSSR count). The molecular formula is C20H19ClFN3O. The van der Waals surface area contributed by atoms with Crippen LogP contribution in [0.4, 0.5) is 10.1 Å². The lowest BCUT2D eigenvalue weighted by Crippen LogP contribution is -2.24. The summed E-state index contributed by atoms with van der Waals surface area (Å²) in [6.07, 6.45) is 5.70. The monoisotopic (exact) mass is 371 g/mol. The van der Waals surface area contributed by atoms with E-state index in [-0.39, 0.29) is 29.3 Å². The second-order valence-corrected chi connectivity index (χ2v) is 6.20. The molecule has 2 aromatic carbocycles. The molecule has 0 spiro atoms. The second-order valence-electron chi connectivity index (χ2n) is 5.79. The predicted octanol–water partition coefficient (Wildman–Crippen LogP) is 3.92. The van der Waals surface area contributed by atoms with Crippen molar-refractivity contribution in [2.75, 3.05) is 11.9 Å². The van der Waals surface area contributed by atoms with Gasteiger partial charge in [-0.05, 0) is 44.2 Å². The molecule has 0 aliphatic carbocycles. The number of halogens is 2. The van der Waals surface area contributed by atoms with E-state index in [0.29, 0.717) is 16.8 Å². The van der Waals surface area contributed by atoms with Gasteiger partial charge in [0.25, 0.3) is 0 Å². The van der Waals surface area contributed by atoms with E-state index in [1.54, 1.807) is 31.2 Å². The molecule has 1 amide bonds. The van der Waals surface area contributed by atoms with Gasteiger partial charge in [-0.3, -0.25) is 4.79 Å². The Morgan fingerprint density at radius 3 is 2.77 bits per heavy atom. The zero-order valence-electron chi connectivity index (χ0n) is 14.3. The third-order valence-electron chi connectivity index (χ3n) is 3.98. The van der Waals surface area contributed by atoms with Crippen molar-refractivity contribution >= 4 is 28.9 Å². The van der Waals surface area contributed by atoms with Crippen LogP contribution in [0.25, 0.3) is 0 Å². The lowest BCUT2D eigenvalue weighted by Gasteiger charge is -2.18. The summed E-state index contributed by atoms with van der Waals surface area (Å²) in [7, 11) is 0. The Labute approximate surface area is 157 Å². The van der Waals surface area contributed by atoms with E-state index in [1.807, 2.05) is 0 Å². The number of carbonyl (C=O) groups is 1. The van der Waals surface area contributed by atoms with Crippen LogP contribution in [0.2, 0.25) is 5.02 Å². The zero-order chi connectivity index (χ0) is 19.3. The van der Waals surface area contributed by atoms with Crippen molar-refractivity contribution in [2.24, 2.45) is 5.73 Å². The van der Waals surface area contributed by atoms with Crippen molar-refractivity contribution < 1.29 is 9.18 Å². The molecule has 0 aliphatic heterocycles. The van der Waals surface area contributed by atoms with Gasteiger partial charge in [0.1, 0.15) is 5.82 Å². The van der Waals surface area contributed by atoms with Crippen LogP contribution in [0.5, 0.6) is 0 Å². The number of anilines is 1. The molecule has 0 aromatic heterocycles. The lowest BCUT2D eigenvalue weighted by molar-refractivity contribution is -0.117. The molecule has 26 heavy (non-hydrogen) atoms. The third kappa shape index (κ3) is 4.29. The van der Waals surface area contributed by atoms with Gasteiger partial charge in [-0.25, -0.2) is 4.39 Å². The van der Waals surface area contributed by atoms with Gasteiger partial charge in [0.15, 0.2) is 0 Å². The summed E-state index contributed by atoms with van der Waals surface area (Å²) in [6, 6.07) is 9.47. The highest BCUT2D eigenvalue weighted by Crippen LogP contribution is 2.28. The Hall–Kier alpha value is -2.68. The number of rotatable bonds is 6. The third-order valence-corrected chi connectivity index (χ3v) is 4.27. The Kier molecular flexibility index (Phi) is 6.51. The molecule has 0 radical (unpaired) electrons. The van der Waals surface area contributed by atoms with E-state index in [9.17, 15) is 9.18 Å². The van der Waals surface area contributed by atoms with Crippen molar-refractivity contribution in [3.8, 4) is 12.3 Å². The van der Waals surface area contributed by atoms with E-state index in [2.05, 4.69) is 11.2 Å². The van der Waals surface area contributed by atoms with Gasteiger partial charge in [-0.2, -0.15) is 0 Å². The first-order valence-electron chi connectivity index (χ1n) is 8.00. The molecule has 0 heterocycles. The fraction of sp³-hybridized carbons (Fsp3) is 0.200. The van der Waals surface area contributed by atoms with Gasteiger partial charge in [-0.15, -0.1) is 6.42 Å². The summed E-state index contributed by atoms with van der Waals surface area (Å²) < 4.78 is 14.3. The first kappa shape index (κ1) is 19.6. The largest absolute Gasteiger partial charge is 0.330 e. The Morgan fingerprint density at radius 1 is 1.42 bits per heavy atom. The molecule has 0 unspecified atom stereocenters. The van der Waals surface area contributed by atoms with E-state index < -0.39 is 17.6 Å². The molecule has 0 saturated heterocycles. The topological polar surface area (TPSA) is 79.0 Å². The van der Waals surface area contributed by atoms with E-state index >= 15 is 0 Å². The second kappa shape index (κ2) is 8.61. The van der Waals surface area contributed by atoms with Crippen molar-refractivity contribution in [3.63, 3.8) is 0 Å². The Bertz CT molecular complexity index is 889. The highest BCUT2D eigenvalue weighted by molar-refractivity contribution is 6.30. The van der Waals surface area contributed by atoms with Crippen LogP contribution < -0.4 is 11.1 Å². The van der Waals surface area contributed by atoms with Crippen molar-refractivity contribution in [3.05, 3.63) is 63.9 Å². The number of hydrogen-bond acceptors (Lipinski definition) is 3. The molecule has 6 heteroatoms. The maximum absolute atomic E-state index is 14.3. The van der Waals surface area contributed by atoms with Crippen molar-refractivity contribution in [1.29, 1.82) is 5.41 Å². The fourth-order valence-electron chi connectivity index (χ4n) is 2.67. The molecule has 0 bridgehead atoms. The summed E-state index contributed by atoms with van der Waals surface area (Å²) in [4.78, 5) is 12.7. The molecule has 0 saturated carbocycles. The van der Waals surface area contributed by atoms with Gasteiger partial charge in [0.05, 0.1) is 10.9 Å². The molecule has 4 nitrogen and oxygen atoms in total. The van der Waals surface area contributed by atoms with Crippen LogP contribution in [0.3, 0.4) is 0 Å². The van der Waals surface area contributed by atoms with Gasteiger partial charge in [0.2, 0.25) is 5.91 Å². The Morgan fingerprint density at radius 2 is 2.15 bits per heavy atom. The maximum atomic E-state index is 14.3. The standard InChI is InChI=1S/C20H19ClFN3O/c1-3-13-7-8-14(11-17(13)12(2)24)25-20(26)16(9-10-23)15-5-4-6-18(21)19(15)22/h1,4-8,11,16,24H,9-10,23H2,2H3,(H,25,26)/t16-/m1/s1. The number of benzene rings is 2. The van der Waals surface area contributed by atoms with Gasteiger partial charge in [-0.1, -0.05) is 29.7 Å². The van der Waals surface area contributed by atoms with Crippen LogP contribution in [-0.4, -0.2) is 18.2 Å². The number of amides is 1. The SMILES string of the molecule is C#Cc1ccc(NC(=O)[C@H](CCN)c2cccc(Cl)c2F)cc1C(C)=N. The minimum absolute atomic E-state index is 0.0441. The molecule has 0 aliphatic rings. The highest BCUT2D eigenvalue weighted by atomic mass is 35.5. The van der Waals surface area contributed by atoms with Gasteiger partial charge < -0.3 is 16.5 Å². The summed E-state index contributed by atoms with van der Waals surface area (Å²) in [5, 5.41) is 10.5. The quantitative estimate of drug-likeness (QED) is 0.531. The lowest BCUT2D eigenvalue weighted by atomic mass is 9.94. The zero-order valence-corrected chi connectivity index (χ0v) is 15.0. The predicted molar refractivity (Wildman–Crippen MR) is 103 cm³/mol. The first-order chi connectivity index (χ1) is 12.4. The van der Waals surface area contributed by atoms with Crippen LogP contribution in [0, 0.1) is 23.6 Å². The number of carbonyl (C=O) groups excluding carboxylic acids is 1. The van der Waals surface area contributed by atoms with E-state index in [1.165, 1.54) is 12.1 Å². The number of nitrogens with one attached hydrogen (secondary N) is 2. The highest BCUT2D eigenvalue weighted by Gasteiger charge is 2.24. The van der Waals surface area contributed by atoms with Crippen LogP contribution >= 0.6 is 11.6 Å². The smallest absolute Gasteiger partial charge is 0.232 e. The normalized spacial score (nSPS) is 11.5. The van der Waals surface area contributed by atoms with E-state index in [4.69, 9.17) is 29.2 Å². The number of hydrogen-bond donors (Lipinski definition) is 3. The average molecular weight is 372 g/mol. The summed E-state index contributed by atoms with van der Waals surface area (Å²) in [6.45, 7) is 1.82. The molecule has 0 fully saturated rings. The number of nitrogens with two attached hydrogens (primary N) is 1. The van der Waals surface area contributed by atoms with Gasteiger partial charge >= 0.3 is 0 Å². The summed E-state index contributed by atoms with van der Waals surface area (Å²) >= 11 is 5.83. The van der Waals surface area contributed by atoms with Crippen molar-refractivity contribution in [2.45, 2.75) is 19.3 Å².